The van der Waals surface area contributed by atoms with Crippen molar-refractivity contribution in [2.24, 2.45) is 0 Å². The molecule has 0 unspecified atom stereocenters. The van der Waals surface area contributed by atoms with Gasteiger partial charge in [-0.15, -0.1) is 16.9 Å². The first kappa shape index (κ1) is 19.2. The zero-order valence-electron chi connectivity index (χ0n) is 15.3. The Kier molecular flexibility index (Phi) is 6.21. The molecule has 0 radical (unpaired) electrons. The van der Waals surface area contributed by atoms with Gasteiger partial charge >= 0.3 is 0 Å². The van der Waals surface area contributed by atoms with Gasteiger partial charge in [-0.3, -0.25) is 4.79 Å². The molecule has 0 atom stereocenters. The largest absolute Gasteiger partial charge is 0.319 e. The number of thioether (sulfide) groups is 1. The lowest BCUT2D eigenvalue weighted by Gasteiger charge is -2.23. The van der Waals surface area contributed by atoms with Crippen molar-refractivity contribution in [1.82, 2.24) is 20.3 Å². The zero-order chi connectivity index (χ0) is 18.7. The number of hydrogen-bond donors (Lipinski definition) is 2. The number of benzene rings is 1. The minimum Gasteiger partial charge on any atom is -0.319 e. The number of amides is 1. The Morgan fingerprint density at radius 1 is 1.38 bits per heavy atom. The molecule has 3 rings (SSSR count). The number of hydrogen-bond acceptors (Lipinski definition) is 5. The normalized spacial score (nSPS) is 15.4. The van der Waals surface area contributed by atoms with Crippen LogP contribution in [0.5, 0.6) is 0 Å². The number of carbonyl (C=O) groups excluding carboxylic acids is 1. The van der Waals surface area contributed by atoms with Gasteiger partial charge in [-0.2, -0.15) is 0 Å². The van der Waals surface area contributed by atoms with Crippen LogP contribution in [0.4, 0.5) is 5.69 Å². The van der Waals surface area contributed by atoms with E-state index in [2.05, 4.69) is 34.8 Å². The third-order valence-corrected chi connectivity index (χ3v) is 5.67. The molecular weight excluding hydrogens is 370 g/mol. The maximum Gasteiger partial charge on any atom is 0.278 e. The fraction of sp³-hybridized carbons (Fsp3) is 0.500. The van der Waals surface area contributed by atoms with Crippen molar-refractivity contribution in [3.63, 3.8) is 0 Å². The van der Waals surface area contributed by atoms with Crippen molar-refractivity contribution in [3.05, 3.63) is 34.6 Å². The second-order valence-corrected chi connectivity index (χ2v) is 8.77. The molecule has 26 heavy (non-hydrogen) atoms. The number of piperidine rings is 1. The second kappa shape index (κ2) is 8.41. The summed E-state index contributed by atoms with van der Waals surface area (Å²) >= 11 is 7.80. The summed E-state index contributed by atoms with van der Waals surface area (Å²) in [6.45, 7) is 8.05. The van der Waals surface area contributed by atoms with Crippen LogP contribution in [0.2, 0.25) is 5.02 Å². The van der Waals surface area contributed by atoms with Crippen LogP contribution in [0.1, 0.15) is 48.9 Å². The van der Waals surface area contributed by atoms with Gasteiger partial charge in [-0.1, -0.05) is 30.7 Å². The number of aromatic nitrogens is 3. The van der Waals surface area contributed by atoms with E-state index in [0.717, 1.165) is 36.5 Å². The van der Waals surface area contributed by atoms with E-state index in [-0.39, 0.29) is 5.91 Å². The highest BCUT2D eigenvalue weighted by Crippen LogP contribution is 2.33. The van der Waals surface area contributed by atoms with Gasteiger partial charge in [0.2, 0.25) is 0 Å². The summed E-state index contributed by atoms with van der Waals surface area (Å²) < 4.78 is 1.89. The van der Waals surface area contributed by atoms with Crippen LogP contribution in [-0.4, -0.2) is 39.2 Å². The number of nitrogens with zero attached hydrogens (tertiary/aromatic N) is 3. The van der Waals surface area contributed by atoms with Gasteiger partial charge in [0.1, 0.15) is 0 Å². The number of anilines is 1. The quantitative estimate of drug-likeness (QED) is 0.753. The van der Waals surface area contributed by atoms with Gasteiger partial charge in [0.15, 0.2) is 5.69 Å². The predicted molar refractivity (Wildman–Crippen MR) is 106 cm³/mol. The highest BCUT2D eigenvalue weighted by atomic mass is 35.5. The first-order valence-electron chi connectivity index (χ1n) is 8.85. The molecule has 2 heterocycles. The van der Waals surface area contributed by atoms with Crippen LogP contribution in [0.25, 0.3) is 0 Å². The van der Waals surface area contributed by atoms with E-state index >= 15 is 0 Å². The lowest BCUT2D eigenvalue weighted by atomic mass is 10.1. The summed E-state index contributed by atoms with van der Waals surface area (Å²) in [7, 11) is 0. The van der Waals surface area contributed by atoms with Gasteiger partial charge in [0.05, 0.1) is 17.4 Å². The Balaban J connectivity index is 1.80. The Morgan fingerprint density at radius 2 is 2.12 bits per heavy atom. The van der Waals surface area contributed by atoms with Gasteiger partial charge < -0.3 is 10.6 Å². The fourth-order valence-electron chi connectivity index (χ4n) is 3.09. The summed E-state index contributed by atoms with van der Waals surface area (Å²) in [6.07, 6.45) is 1.99. The smallest absolute Gasteiger partial charge is 0.278 e. The Morgan fingerprint density at radius 3 is 2.81 bits per heavy atom. The summed E-state index contributed by atoms with van der Waals surface area (Å²) in [6, 6.07) is 5.84. The van der Waals surface area contributed by atoms with Crippen LogP contribution in [-0.2, 0) is 0 Å². The van der Waals surface area contributed by atoms with E-state index < -0.39 is 0 Å². The third kappa shape index (κ3) is 4.39. The summed E-state index contributed by atoms with van der Waals surface area (Å²) in [5.74, 6) is -0.254. The monoisotopic (exact) mass is 393 g/mol. The maximum absolute atomic E-state index is 12.8. The van der Waals surface area contributed by atoms with Gasteiger partial charge in [0.25, 0.3) is 5.91 Å². The summed E-state index contributed by atoms with van der Waals surface area (Å²) in [5.41, 5.74) is 1.87. The van der Waals surface area contributed by atoms with Crippen molar-refractivity contribution in [1.29, 1.82) is 0 Å². The molecule has 0 saturated carbocycles. The number of carbonyl (C=O) groups is 1. The fourth-order valence-corrected chi connectivity index (χ4v) is 4.15. The number of rotatable bonds is 5. The van der Waals surface area contributed by atoms with Crippen molar-refractivity contribution in [3.8, 4) is 0 Å². The molecule has 6 nitrogen and oxygen atoms in total. The van der Waals surface area contributed by atoms with Crippen LogP contribution in [0, 0.1) is 6.92 Å². The lowest BCUT2D eigenvalue weighted by molar-refractivity contribution is 0.102. The molecule has 0 spiro atoms. The molecule has 1 fully saturated rings. The molecule has 1 aliphatic rings. The molecule has 2 N–H and O–H groups in total. The minimum atomic E-state index is -0.254. The van der Waals surface area contributed by atoms with Gasteiger partial charge in [0, 0.05) is 15.2 Å². The second-order valence-electron chi connectivity index (χ2n) is 6.71. The van der Waals surface area contributed by atoms with E-state index in [1.807, 2.05) is 23.7 Å². The minimum absolute atomic E-state index is 0.254. The van der Waals surface area contributed by atoms with Crippen LogP contribution in [0.15, 0.2) is 23.1 Å². The Hall–Kier alpha value is -1.57. The zero-order valence-corrected chi connectivity index (χ0v) is 16.8. The van der Waals surface area contributed by atoms with E-state index in [1.165, 1.54) is 0 Å². The number of nitrogens with one attached hydrogen (secondary N) is 2. The molecule has 1 aromatic heterocycles. The van der Waals surface area contributed by atoms with E-state index in [0.29, 0.717) is 27.7 Å². The summed E-state index contributed by atoms with van der Waals surface area (Å²) in [5, 5.41) is 15.7. The van der Waals surface area contributed by atoms with E-state index in [4.69, 9.17) is 11.6 Å². The van der Waals surface area contributed by atoms with Gasteiger partial charge in [-0.05, 0) is 51.1 Å². The SMILES string of the molecule is Cc1c(C(=O)Nc2cc(Cl)ccc2SC(C)C)nnn1C1CCNCC1. The van der Waals surface area contributed by atoms with Crippen LogP contribution < -0.4 is 10.6 Å². The molecule has 140 valence electrons. The predicted octanol–water partition coefficient (Wildman–Crippen LogP) is 3.92. The average Bonchev–Trinajstić information content (AvgIpc) is 2.99. The Bertz CT molecular complexity index is 786. The van der Waals surface area contributed by atoms with Crippen molar-refractivity contribution < 1.29 is 4.79 Å². The van der Waals surface area contributed by atoms with Gasteiger partial charge in [-0.25, -0.2) is 4.68 Å². The van der Waals surface area contributed by atoms with Crippen molar-refractivity contribution in [2.45, 2.75) is 49.8 Å². The highest BCUT2D eigenvalue weighted by molar-refractivity contribution is 8.00. The Labute approximate surface area is 163 Å². The molecule has 8 heteroatoms. The first-order valence-corrected chi connectivity index (χ1v) is 10.1. The van der Waals surface area contributed by atoms with Crippen LogP contribution >= 0.6 is 23.4 Å². The molecule has 2 aromatic rings. The first-order chi connectivity index (χ1) is 12.5. The molecule has 0 bridgehead atoms. The molecule has 1 saturated heterocycles. The maximum atomic E-state index is 12.8. The molecule has 1 amide bonds. The molecule has 1 aromatic carbocycles. The average molecular weight is 394 g/mol. The molecule has 1 aliphatic heterocycles. The van der Waals surface area contributed by atoms with Crippen LogP contribution in [0.3, 0.4) is 0 Å². The number of halogens is 1. The van der Waals surface area contributed by atoms with E-state index in [1.54, 1.807) is 17.8 Å². The standard InChI is InChI=1S/C18H24ClN5OS/c1-11(2)26-16-5-4-13(19)10-15(16)21-18(25)17-12(3)24(23-22-17)14-6-8-20-9-7-14/h4-5,10-11,14,20H,6-9H2,1-3H3,(H,21,25). The van der Waals surface area contributed by atoms with Crippen molar-refractivity contribution >= 4 is 35.0 Å². The topological polar surface area (TPSA) is 71.8 Å². The lowest BCUT2D eigenvalue weighted by Crippen LogP contribution is -2.30. The molecule has 0 aliphatic carbocycles. The van der Waals surface area contributed by atoms with E-state index in [9.17, 15) is 4.79 Å². The third-order valence-electron chi connectivity index (χ3n) is 4.35. The molecular formula is C18H24ClN5OS. The highest BCUT2D eigenvalue weighted by Gasteiger charge is 2.23. The van der Waals surface area contributed by atoms with Crippen molar-refractivity contribution in [2.75, 3.05) is 18.4 Å². The summed E-state index contributed by atoms with van der Waals surface area (Å²) in [4.78, 5) is 13.8.